The lowest BCUT2D eigenvalue weighted by atomic mass is 10.3. The molecule has 0 aliphatic carbocycles. The molecule has 7 heteroatoms. The van der Waals surface area contributed by atoms with E-state index in [0.29, 0.717) is 0 Å². The fraction of sp³-hybridized carbons (Fsp3) is 1.00. The summed E-state index contributed by atoms with van der Waals surface area (Å²) in [6.45, 7) is 7.76. The normalized spacial score (nSPS) is 19.5. The molecule has 0 atom stereocenters. The highest BCUT2D eigenvalue weighted by Crippen LogP contribution is 2.05. The van der Waals surface area contributed by atoms with Gasteiger partial charge in [-0.05, 0) is 6.92 Å². The van der Waals surface area contributed by atoms with E-state index in [1.54, 1.807) is 0 Å². The minimum atomic E-state index is -4.92. The zero-order valence-electron chi connectivity index (χ0n) is 8.47. The van der Waals surface area contributed by atoms with Crippen LogP contribution in [-0.2, 0) is 15.1 Å². The summed E-state index contributed by atoms with van der Waals surface area (Å²) in [6, 6.07) is 0. The molecule has 0 saturated carbocycles. The minimum Gasteiger partial charge on any atom is -0.726 e. The third-order valence-corrected chi connectivity index (χ3v) is 2.31. The Bertz CT molecular complexity index is 238. The van der Waals surface area contributed by atoms with E-state index in [-0.39, 0.29) is 7.43 Å². The van der Waals surface area contributed by atoms with Crippen LogP contribution >= 0.6 is 0 Å². The van der Waals surface area contributed by atoms with Crippen LogP contribution in [0.5, 0.6) is 0 Å². The Kier molecular flexibility index (Phi) is 8.17. The van der Waals surface area contributed by atoms with Crippen LogP contribution in [0.4, 0.5) is 0 Å². The van der Waals surface area contributed by atoms with Crippen LogP contribution in [0, 0.1) is 0 Å². The van der Waals surface area contributed by atoms with Gasteiger partial charge in [0, 0.05) is 0 Å². The smallest absolute Gasteiger partial charge is 0.215 e. The molecule has 0 amide bonds. The second kappa shape index (κ2) is 7.13. The van der Waals surface area contributed by atoms with Crippen LogP contribution in [0.2, 0.25) is 0 Å². The van der Waals surface area contributed by atoms with E-state index >= 15 is 0 Å². The molecule has 0 unspecified atom stereocenters. The second-order valence-electron chi connectivity index (χ2n) is 3.42. The molecule has 1 saturated heterocycles. The molecule has 15 heavy (non-hydrogen) atoms. The zero-order valence-corrected chi connectivity index (χ0v) is 9.29. The summed E-state index contributed by atoms with van der Waals surface area (Å²) in [5, 5.41) is 0. The maximum Gasteiger partial charge on any atom is 0.215 e. The molecule has 1 aliphatic heterocycles. The molecule has 0 radical (unpaired) electrons. The van der Waals surface area contributed by atoms with Crippen molar-refractivity contribution in [1.29, 1.82) is 0 Å². The van der Waals surface area contributed by atoms with E-state index in [4.69, 9.17) is 22.3 Å². The topological polar surface area (TPSA) is 86.7 Å². The number of likely N-dealkylation sites (N-methyl/N-ethyl adjacent to an activating group) is 1. The molecule has 0 bridgehead atoms. The lowest BCUT2D eigenvalue weighted by Crippen LogP contribution is -2.51. The predicted octanol–water partition coefficient (Wildman–Crippen LogP) is 0.124. The van der Waals surface area contributed by atoms with Crippen LogP contribution in [0.15, 0.2) is 0 Å². The molecule has 1 fully saturated rings. The van der Waals surface area contributed by atoms with Crippen molar-refractivity contribution in [3.63, 3.8) is 0 Å². The first kappa shape index (κ1) is 17.2. The highest BCUT2D eigenvalue weighted by molar-refractivity contribution is 7.79. The average Bonchev–Trinajstić information content (AvgIpc) is 2.03. The first-order valence-electron chi connectivity index (χ1n) is 4.36. The summed E-state index contributed by atoms with van der Waals surface area (Å²) in [6.07, 6.45) is 0. The predicted molar refractivity (Wildman–Crippen MR) is 56.3 cm³/mol. The maximum absolute atomic E-state index is 8.63. The third kappa shape index (κ3) is 11.7. The van der Waals surface area contributed by atoms with Gasteiger partial charge in [-0.25, -0.2) is 8.42 Å². The van der Waals surface area contributed by atoms with E-state index in [0.717, 1.165) is 13.2 Å². The molecule has 0 aromatic heterocycles. The van der Waals surface area contributed by atoms with Crippen molar-refractivity contribution in [2.75, 3.05) is 39.9 Å². The van der Waals surface area contributed by atoms with Gasteiger partial charge in [-0.15, -0.1) is 0 Å². The van der Waals surface area contributed by atoms with Crippen molar-refractivity contribution in [1.82, 2.24) is 0 Å². The monoisotopic (exact) mass is 243 g/mol. The van der Waals surface area contributed by atoms with Crippen molar-refractivity contribution in [2.24, 2.45) is 0 Å². The summed E-state index contributed by atoms with van der Waals surface area (Å²) in [4.78, 5) is 0. The molecule has 0 aromatic carbocycles. The van der Waals surface area contributed by atoms with Gasteiger partial charge in [-0.2, -0.15) is 0 Å². The van der Waals surface area contributed by atoms with Gasteiger partial charge < -0.3 is 13.8 Å². The average molecular weight is 243 g/mol. The molecule has 1 rings (SSSR count). The molecule has 6 nitrogen and oxygen atoms in total. The van der Waals surface area contributed by atoms with Gasteiger partial charge in [0.1, 0.15) is 13.1 Å². The van der Waals surface area contributed by atoms with E-state index < -0.39 is 10.4 Å². The van der Waals surface area contributed by atoms with Gasteiger partial charge in [0.05, 0.1) is 26.8 Å². The molecule has 1 N–H and O–H groups in total. The van der Waals surface area contributed by atoms with Crippen LogP contribution in [0.3, 0.4) is 0 Å². The van der Waals surface area contributed by atoms with Crippen LogP contribution in [-0.4, -0.2) is 61.9 Å². The van der Waals surface area contributed by atoms with Gasteiger partial charge in [0.2, 0.25) is 10.4 Å². The van der Waals surface area contributed by atoms with Crippen LogP contribution in [0.25, 0.3) is 0 Å². The molecule has 0 aromatic rings. The fourth-order valence-electron chi connectivity index (χ4n) is 1.10. The summed E-state index contributed by atoms with van der Waals surface area (Å²) >= 11 is 0. The Morgan fingerprint density at radius 3 is 1.93 bits per heavy atom. The first-order chi connectivity index (χ1) is 6.27. The van der Waals surface area contributed by atoms with Gasteiger partial charge >= 0.3 is 0 Å². The number of hydrogen-bond acceptors (Lipinski definition) is 4. The number of nitrogens with zero attached hydrogens (tertiary/aromatic N) is 1. The van der Waals surface area contributed by atoms with Gasteiger partial charge in [0.25, 0.3) is 0 Å². The van der Waals surface area contributed by atoms with Gasteiger partial charge in [-0.3, -0.25) is 4.55 Å². The number of hydrogen-bond donors (Lipinski definition) is 1. The zero-order chi connectivity index (χ0) is 11.2. The van der Waals surface area contributed by atoms with Crippen molar-refractivity contribution >= 4 is 10.4 Å². The highest BCUT2D eigenvalue weighted by atomic mass is 32.3. The van der Waals surface area contributed by atoms with Gasteiger partial charge in [0.15, 0.2) is 0 Å². The Morgan fingerprint density at radius 2 is 1.73 bits per heavy atom. The van der Waals surface area contributed by atoms with Crippen molar-refractivity contribution in [2.45, 2.75) is 14.4 Å². The molecule has 0 spiro atoms. The minimum absolute atomic E-state index is 0. The van der Waals surface area contributed by atoms with Crippen molar-refractivity contribution in [3.05, 3.63) is 0 Å². The number of rotatable bonds is 1. The number of ether oxygens (including phenoxy) is 1. The summed E-state index contributed by atoms with van der Waals surface area (Å²) in [5.74, 6) is 0. The first-order valence-corrected chi connectivity index (χ1v) is 5.73. The van der Waals surface area contributed by atoms with Gasteiger partial charge in [-0.1, -0.05) is 7.43 Å². The van der Waals surface area contributed by atoms with Crippen LogP contribution < -0.4 is 0 Å². The Balaban J connectivity index is 0. The quantitative estimate of drug-likeness (QED) is 0.401. The SMILES string of the molecule is C.CC[N+]1(C)CCOCC1.O=S(=O)([O-])O. The molecular weight excluding hydrogens is 222 g/mol. The fourth-order valence-corrected chi connectivity index (χ4v) is 1.10. The van der Waals surface area contributed by atoms with E-state index in [9.17, 15) is 0 Å². The second-order valence-corrected chi connectivity index (χ2v) is 4.28. The number of morpholine rings is 1. The Morgan fingerprint density at radius 1 is 1.40 bits per heavy atom. The lowest BCUT2D eigenvalue weighted by molar-refractivity contribution is -0.915. The van der Waals surface area contributed by atoms with E-state index in [1.807, 2.05) is 0 Å². The molecular formula is C8H21NO5S. The van der Waals surface area contributed by atoms with Crippen LogP contribution in [0.1, 0.15) is 14.4 Å². The summed E-state index contributed by atoms with van der Waals surface area (Å²) < 4.78 is 39.3. The maximum atomic E-state index is 8.63. The summed E-state index contributed by atoms with van der Waals surface area (Å²) in [5.41, 5.74) is 0. The Hall–Kier alpha value is -0.210. The third-order valence-electron chi connectivity index (χ3n) is 2.31. The molecule has 1 aliphatic rings. The highest BCUT2D eigenvalue weighted by Gasteiger charge is 2.21. The molecule has 94 valence electrons. The van der Waals surface area contributed by atoms with Crippen molar-refractivity contribution in [3.8, 4) is 0 Å². The standard InChI is InChI=1S/C7H16NO.CH4.H2O4S/c1-3-8(2)4-6-9-7-5-8;;1-5(2,3)4/h3-7H2,1-2H3;1H4;(H2,1,2,3,4)/q+1;;/p-1. The summed E-state index contributed by atoms with van der Waals surface area (Å²) in [7, 11) is -2.62. The Labute approximate surface area is 92.0 Å². The van der Waals surface area contributed by atoms with Crippen molar-refractivity contribution < 1.29 is 26.7 Å². The van der Waals surface area contributed by atoms with E-state index in [2.05, 4.69) is 14.0 Å². The largest absolute Gasteiger partial charge is 0.726 e. The van der Waals surface area contributed by atoms with E-state index in [1.165, 1.54) is 24.1 Å². The number of quaternary nitrogens is 1. The lowest BCUT2D eigenvalue weighted by Gasteiger charge is -2.36. The molecule has 1 heterocycles.